The molecule has 2 heterocycles. The zero-order valence-electron chi connectivity index (χ0n) is 10.5. The Balaban J connectivity index is 1.83. The molecule has 0 aliphatic carbocycles. The molecule has 2 aromatic heterocycles. The van der Waals surface area contributed by atoms with Gasteiger partial charge in [-0.1, -0.05) is 18.7 Å². The summed E-state index contributed by atoms with van der Waals surface area (Å²) in [5, 5.41) is 9.88. The summed E-state index contributed by atoms with van der Waals surface area (Å²) < 4.78 is 1.70. The SMILES string of the molecule is C=Cn1cc(CNc2cccc3ccncc23)cn1. The van der Waals surface area contributed by atoms with E-state index in [1.54, 1.807) is 17.1 Å². The van der Waals surface area contributed by atoms with E-state index in [1.807, 2.05) is 30.7 Å². The standard InChI is InChI=1S/C15H14N4/c1-2-19-11-12(9-18-19)8-17-15-5-3-4-13-6-7-16-10-14(13)15/h2-7,9-11,17H,1,8H2. The van der Waals surface area contributed by atoms with Crippen molar-refractivity contribution in [1.29, 1.82) is 0 Å². The van der Waals surface area contributed by atoms with E-state index in [4.69, 9.17) is 0 Å². The average Bonchev–Trinajstić information content (AvgIpc) is 2.93. The number of nitrogens with one attached hydrogen (secondary N) is 1. The summed E-state index contributed by atoms with van der Waals surface area (Å²) in [6, 6.07) is 8.19. The van der Waals surface area contributed by atoms with Crippen LogP contribution in [0.2, 0.25) is 0 Å². The molecule has 0 amide bonds. The van der Waals surface area contributed by atoms with Crippen molar-refractivity contribution < 1.29 is 0 Å². The Labute approximate surface area is 111 Å². The molecule has 0 aliphatic rings. The van der Waals surface area contributed by atoms with Gasteiger partial charge in [0.2, 0.25) is 0 Å². The molecule has 19 heavy (non-hydrogen) atoms. The van der Waals surface area contributed by atoms with Crippen molar-refractivity contribution in [1.82, 2.24) is 14.8 Å². The van der Waals surface area contributed by atoms with Crippen LogP contribution >= 0.6 is 0 Å². The molecular weight excluding hydrogens is 236 g/mol. The number of hydrogen-bond donors (Lipinski definition) is 1. The third kappa shape index (κ3) is 2.33. The van der Waals surface area contributed by atoms with Gasteiger partial charge in [0.05, 0.1) is 6.20 Å². The maximum absolute atomic E-state index is 4.18. The molecule has 4 nitrogen and oxygen atoms in total. The second kappa shape index (κ2) is 4.94. The quantitative estimate of drug-likeness (QED) is 0.773. The molecule has 3 aromatic rings. The van der Waals surface area contributed by atoms with Crippen LogP contribution in [0.5, 0.6) is 0 Å². The van der Waals surface area contributed by atoms with Crippen LogP contribution in [0.25, 0.3) is 17.0 Å². The number of fused-ring (bicyclic) bond motifs is 1. The minimum Gasteiger partial charge on any atom is -0.380 e. The van der Waals surface area contributed by atoms with Gasteiger partial charge in [0.25, 0.3) is 0 Å². The number of anilines is 1. The molecule has 0 spiro atoms. The van der Waals surface area contributed by atoms with Gasteiger partial charge in [0, 0.05) is 48.0 Å². The number of hydrogen-bond acceptors (Lipinski definition) is 3. The Kier molecular flexibility index (Phi) is 2.98. The summed E-state index contributed by atoms with van der Waals surface area (Å²) in [4.78, 5) is 4.18. The van der Waals surface area contributed by atoms with Crippen molar-refractivity contribution in [3.63, 3.8) is 0 Å². The van der Waals surface area contributed by atoms with Gasteiger partial charge in [0.1, 0.15) is 0 Å². The first-order valence-corrected chi connectivity index (χ1v) is 6.09. The van der Waals surface area contributed by atoms with Crippen LogP contribution in [0.1, 0.15) is 5.56 Å². The lowest BCUT2D eigenvalue weighted by molar-refractivity contribution is 0.936. The zero-order chi connectivity index (χ0) is 13.1. The van der Waals surface area contributed by atoms with E-state index in [2.05, 4.69) is 34.1 Å². The molecule has 94 valence electrons. The fourth-order valence-electron chi connectivity index (χ4n) is 2.03. The Morgan fingerprint density at radius 3 is 3.05 bits per heavy atom. The van der Waals surface area contributed by atoms with Crippen molar-refractivity contribution in [2.45, 2.75) is 6.54 Å². The van der Waals surface area contributed by atoms with Gasteiger partial charge in [-0.25, -0.2) is 4.68 Å². The number of aromatic nitrogens is 3. The molecule has 0 unspecified atom stereocenters. The molecule has 0 saturated carbocycles. The summed E-state index contributed by atoms with van der Waals surface area (Å²) in [6.45, 7) is 4.40. The average molecular weight is 250 g/mol. The molecule has 4 heteroatoms. The van der Waals surface area contributed by atoms with E-state index in [9.17, 15) is 0 Å². The normalized spacial score (nSPS) is 10.5. The highest BCUT2D eigenvalue weighted by Gasteiger charge is 2.01. The molecule has 0 fully saturated rings. The van der Waals surface area contributed by atoms with E-state index in [1.165, 1.54) is 5.39 Å². The van der Waals surface area contributed by atoms with E-state index in [0.717, 1.165) is 23.2 Å². The number of nitrogens with zero attached hydrogens (tertiary/aromatic N) is 3. The van der Waals surface area contributed by atoms with Crippen LogP contribution in [-0.4, -0.2) is 14.8 Å². The molecule has 0 bridgehead atoms. The molecule has 0 radical (unpaired) electrons. The van der Waals surface area contributed by atoms with E-state index < -0.39 is 0 Å². The zero-order valence-corrected chi connectivity index (χ0v) is 10.5. The summed E-state index contributed by atoms with van der Waals surface area (Å²) >= 11 is 0. The molecule has 0 aliphatic heterocycles. The Bertz CT molecular complexity index is 709. The molecular formula is C15H14N4. The van der Waals surface area contributed by atoms with Crippen LogP contribution in [-0.2, 0) is 6.54 Å². The second-order valence-electron chi connectivity index (χ2n) is 4.27. The van der Waals surface area contributed by atoms with Crippen LogP contribution < -0.4 is 5.32 Å². The highest BCUT2D eigenvalue weighted by atomic mass is 15.2. The van der Waals surface area contributed by atoms with Crippen LogP contribution in [0, 0.1) is 0 Å². The van der Waals surface area contributed by atoms with Gasteiger partial charge < -0.3 is 5.32 Å². The van der Waals surface area contributed by atoms with Crippen LogP contribution in [0.15, 0.2) is 55.6 Å². The Hall–Kier alpha value is -2.62. The maximum atomic E-state index is 4.18. The smallest absolute Gasteiger partial charge is 0.0543 e. The molecule has 3 rings (SSSR count). The summed E-state index contributed by atoms with van der Waals surface area (Å²) in [5.74, 6) is 0. The first-order valence-electron chi connectivity index (χ1n) is 6.09. The molecule has 0 atom stereocenters. The summed E-state index contributed by atoms with van der Waals surface area (Å²) in [6.07, 6.45) is 9.14. The van der Waals surface area contributed by atoms with Gasteiger partial charge in [-0.2, -0.15) is 5.10 Å². The topological polar surface area (TPSA) is 42.7 Å². The van der Waals surface area contributed by atoms with Crippen molar-refractivity contribution >= 4 is 22.7 Å². The molecule has 0 saturated heterocycles. The van der Waals surface area contributed by atoms with Crippen molar-refractivity contribution in [3.8, 4) is 0 Å². The van der Waals surface area contributed by atoms with Gasteiger partial charge >= 0.3 is 0 Å². The van der Waals surface area contributed by atoms with Crippen molar-refractivity contribution in [2.75, 3.05) is 5.32 Å². The molecule has 1 N–H and O–H groups in total. The highest BCUT2D eigenvalue weighted by molar-refractivity contribution is 5.92. The summed E-state index contributed by atoms with van der Waals surface area (Å²) in [7, 11) is 0. The Morgan fingerprint density at radius 2 is 2.21 bits per heavy atom. The van der Waals surface area contributed by atoms with E-state index in [-0.39, 0.29) is 0 Å². The fourth-order valence-corrected chi connectivity index (χ4v) is 2.03. The second-order valence-corrected chi connectivity index (χ2v) is 4.27. The lowest BCUT2D eigenvalue weighted by Gasteiger charge is -2.08. The maximum Gasteiger partial charge on any atom is 0.0543 e. The highest BCUT2D eigenvalue weighted by Crippen LogP contribution is 2.22. The third-order valence-electron chi connectivity index (χ3n) is 3.01. The van der Waals surface area contributed by atoms with Gasteiger partial charge in [-0.3, -0.25) is 4.98 Å². The predicted octanol–water partition coefficient (Wildman–Crippen LogP) is 3.14. The van der Waals surface area contributed by atoms with Crippen molar-refractivity contribution in [2.24, 2.45) is 0 Å². The minimum atomic E-state index is 0.724. The molecule has 1 aromatic carbocycles. The Morgan fingerprint density at radius 1 is 1.26 bits per heavy atom. The lowest BCUT2D eigenvalue weighted by Crippen LogP contribution is -1.99. The van der Waals surface area contributed by atoms with E-state index in [0.29, 0.717) is 0 Å². The van der Waals surface area contributed by atoms with Gasteiger partial charge in [-0.15, -0.1) is 0 Å². The first-order chi connectivity index (χ1) is 9.36. The number of benzene rings is 1. The monoisotopic (exact) mass is 250 g/mol. The van der Waals surface area contributed by atoms with Crippen LogP contribution in [0.4, 0.5) is 5.69 Å². The predicted molar refractivity (Wildman–Crippen MR) is 77.7 cm³/mol. The largest absolute Gasteiger partial charge is 0.380 e. The third-order valence-corrected chi connectivity index (χ3v) is 3.01. The number of rotatable bonds is 4. The van der Waals surface area contributed by atoms with Crippen molar-refractivity contribution in [3.05, 3.63) is 61.2 Å². The van der Waals surface area contributed by atoms with Gasteiger partial charge in [0.15, 0.2) is 0 Å². The fraction of sp³-hybridized carbons (Fsp3) is 0.0667. The summed E-state index contributed by atoms with van der Waals surface area (Å²) in [5.41, 5.74) is 2.19. The van der Waals surface area contributed by atoms with E-state index >= 15 is 0 Å². The minimum absolute atomic E-state index is 0.724. The van der Waals surface area contributed by atoms with Gasteiger partial charge in [-0.05, 0) is 17.5 Å². The first kappa shape index (κ1) is 11.5. The lowest BCUT2D eigenvalue weighted by atomic mass is 10.1. The number of pyridine rings is 1. The van der Waals surface area contributed by atoms with Crippen LogP contribution in [0.3, 0.4) is 0 Å².